The summed E-state index contributed by atoms with van der Waals surface area (Å²) in [6.45, 7) is 2.94. The predicted octanol–water partition coefficient (Wildman–Crippen LogP) is 0.705. The number of rotatable bonds is 1. The molecule has 0 unspecified atom stereocenters. The highest BCUT2D eigenvalue weighted by atomic mass is 16.6. The molecule has 0 radical (unpaired) electrons. The predicted molar refractivity (Wildman–Crippen MR) is 44.0 cm³/mol. The fraction of sp³-hybridized carbons (Fsp3) is 1.00. The van der Waals surface area contributed by atoms with E-state index >= 15 is 0 Å². The first-order valence-corrected chi connectivity index (χ1v) is 4.64. The maximum Gasteiger partial charge on any atom is 0.0945 e. The summed E-state index contributed by atoms with van der Waals surface area (Å²) in [6, 6.07) is 0. The molecule has 2 aliphatic rings. The van der Waals surface area contributed by atoms with Gasteiger partial charge in [0.2, 0.25) is 0 Å². The average molecular weight is 172 g/mol. The molecule has 3 nitrogen and oxygen atoms in total. The Morgan fingerprint density at radius 1 is 1.58 bits per heavy atom. The van der Waals surface area contributed by atoms with Gasteiger partial charge in [-0.15, -0.1) is 0 Å². The minimum atomic E-state index is -0.0488. The van der Waals surface area contributed by atoms with E-state index in [4.69, 9.17) is 14.6 Å². The van der Waals surface area contributed by atoms with Gasteiger partial charge in [0.05, 0.1) is 31.0 Å². The molecular formula is C9H16O3. The van der Waals surface area contributed by atoms with E-state index in [2.05, 4.69) is 6.92 Å². The van der Waals surface area contributed by atoms with E-state index in [1.54, 1.807) is 0 Å². The van der Waals surface area contributed by atoms with E-state index in [0.29, 0.717) is 12.7 Å². The summed E-state index contributed by atoms with van der Waals surface area (Å²) in [5.74, 6) is 0. The smallest absolute Gasteiger partial charge is 0.0945 e. The molecule has 0 aromatic carbocycles. The molecule has 1 spiro atoms. The van der Waals surface area contributed by atoms with Crippen molar-refractivity contribution in [1.29, 1.82) is 0 Å². The SMILES string of the molecule is C[C@@H]1C[C@@]2(CC[C@H](CO)O2)CO1. The molecule has 3 heteroatoms. The molecule has 2 saturated heterocycles. The van der Waals surface area contributed by atoms with Gasteiger partial charge in [-0.05, 0) is 19.8 Å². The maximum absolute atomic E-state index is 8.91. The normalized spacial score (nSPS) is 47.5. The summed E-state index contributed by atoms with van der Waals surface area (Å²) in [5.41, 5.74) is -0.0488. The van der Waals surface area contributed by atoms with Crippen LogP contribution in [0, 0.1) is 0 Å². The molecule has 0 aliphatic carbocycles. The molecule has 70 valence electrons. The molecule has 2 aliphatic heterocycles. The lowest BCUT2D eigenvalue weighted by atomic mass is 9.97. The summed E-state index contributed by atoms with van der Waals surface area (Å²) >= 11 is 0. The lowest BCUT2D eigenvalue weighted by molar-refractivity contribution is -0.0611. The van der Waals surface area contributed by atoms with E-state index in [1.165, 1.54) is 0 Å². The van der Waals surface area contributed by atoms with Crippen molar-refractivity contribution < 1.29 is 14.6 Å². The second-order valence-electron chi connectivity index (χ2n) is 3.97. The molecule has 0 saturated carbocycles. The van der Waals surface area contributed by atoms with Crippen LogP contribution < -0.4 is 0 Å². The maximum atomic E-state index is 8.91. The van der Waals surface area contributed by atoms with Gasteiger partial charge in [0.25, 0.3) is 0 Å². The summed E-state index contributed by atoms with van der Waals surface area (Å²) in [7, 11) is 0. The van der Waals surface area contributed by atoms with Gasteiger partial charge >= 0.3 is 0 Å². The van der Waals surface area contributed by atoms with E-state index in [0.717, 1.165) is 19.3 Å². The van der Waals surface area contributed by atoms with Crippen LogP contribution in [0.15, 0.2) is 0 Å². The summed E-state index contributed by atoms with van der Waals surface area (Å²) < 4.78 is 11.2. The number of ether oxygens (including phenoxy) is 2. The molecule has 3 atom stereocenters. The van der Waals surface area contributed by atoms with E-state index in [9.17, 15) is 0 Å². The van der Waals surface area contributed by atoms with Gasteiger partial charge < -0.3 is 14.6 Å². The highest BCUT2D eigenvalue weighted by molar-refractivity contribution is 4.94. The van der Waals surface area contributed by atoms with E-state index in [1.807, 2.05) is 0 Å². The fourth-order valence-corrected chi connectivity index (χ4v) is 2.22. The van der Waals surface area contributed by atoms with E-state index in [-0.39, 0.29) is 18.3 Å². The number of aliphatic hydroxyl groups excluding tert-OH is 1. The lowest BCUT2D eigenvalue weighted by Gasteiger charge is -2.21. The van der Waals surface area contributed by atoms with Crippen LogP contribution in [0.5, 0.6) is 0 Å². The molecule has 2 heterocycles. The Balaban J connectivity index is 1.97. The number of hydrogen-bond donors (Lipinski definition) is 1. The van der Waals surface area contributed by atoms with Crippen LogP contribution in [-0.4, -0.2) is 36.1 Å². The van der Waals surface area contributed by atoms with Crippen molar-refractivity contribution in [2.45, 2.75) is 44.0 Å². The van der Waals surface area contributed by atoms with Crippen molar-refractivity contribution in [3.05, 3.63) is 0 Å². The Morgan fingerprint density at radius 3 is 2.92 bits per heavy atom. The standard InChI is InChI=1S/C9H16O3/c1-7-4-9(6-11-7)3-2-8(5-10)12-9/h7-8,10H,2-6H2,1H3/t7-,8-,9+/m1/s1. The Bertz CT molecular complexity index is 171. The van der Waals surface area contributed by atoms with E-state index < -0.39 is 0 Å². The highest BCUT2D eigenvalue weighted by Crippen LogP contribution is 2.39. The minimum Gasteiger partial charge on any atom is -0.394 e. The van der Waals surface area contributed by atoms with Gasteiger partial charge in [0.15, 0.2) is 0 Å². The molecular weight excluding hydrogens is 156 g/mol. The molecule has 0 amide bonds. The van der Waals surface area contributed by atoms with Crippen LogP contribution in [0.2, 0.25) is 0 Å². The third-order valence-corrected chi connectivity index (χ3v) is 2.83. The van der Waals surface area contributed by atoms with Crippen molar-refractivity contribution in [1.82, 2.24) is 0 Å². The van der Waals surface area contributed by atoms with Crippen LogP contribution in [0.25, 0.3) is 0 Å². The van der Waals surface area contributed by atoms with Crippen molar-refractivity contribution in [2.75, 3.05) is 13.2 Å². The lowest BCUT2D eigenvalue weighted by Crippen LogP contribution is -2.30. The topological polar surface area (TPSA) is 38.7 Å². The monoisotopic (exact) mass is 172 g/mol. The highest BCUT2D eigenvalue weighted by Gasteiger charge is 2.45. The minimum absolute atomic E-state index is 0.0488. The van der Waals surface area contributed by atoms with Crippen molar-refractivity contribution in [3.63, 3.8) is 0 Å². The summed E-state index contributed by atoms with van der Waals surface area (Å²) in [6.07, 6.45) is 3.39. The average Bonchev–Trinajstić information content (AvgIpc) is 2.61. The Hall–Kier alpha value is -0.120. The van der Waals surface area contributed by atoms with Gasteiger partial charge in [-0.25, -0.2) is 0 Å². The zero-order valence-electron chi connectivity index (χ0n) is 7.45. The summed E-state index contributed by atoms with van der Waals surface area (Å²) in [5, 5.41) is 8.91. The van der Waals surface area contributed by atoms with Gasteiger partial charge in [-0.2, -0.15) is 0 Å². The van der Waals surface area contributed by atoms with Crippen LogP contribution in [0.4, 0.5) is 0 Å². The molecule has 0 aromatic heterocycles. The third kappa shape index (κ3) is 1.37. The number of aliphatic hydroxyl groups is 1. The van der Waals surface area contributed by atoms with Crippen LogP contribution >= 0.6 is 0 Å². The molecule has 12 heavy (non-hydrogen) atoms. The van der Waals surface area contributed by atoms with Crippen LogP contribution in [0.1, 0.15) is 26.2 Å². The fourth-order valence-electron chi connectivity index (χ4n) is 2.22. The van der Waals surface area contributed by atoms with Gasteiger partial charge in [0, 0.05) is 6.42 Å². The Labute approximate surface area is 72.7 Å². The molecule has 2 fully saturated rings. The Morgan fingerprint density at radius 2 is 2.42 bits per heavy atom. The van der Waals surface area contributed by atoms with Gasteiger partial charge in [0.1, 0.15) is 0 Å². The van der Waals surface area contributed by atoms with Crippen molar-refractivity contribution >= 4 is 0 Å². The molecule has 0 aromatic rings. The van der Waals surface area contributed by atoms with Gasteiger partial charge in [-0.3, -0.25) is 0 Å². The van der Waals surface area contributed by atoms with Crippen molar-refractivity contribution in [3.8, 4) is 0 Å². The zero-order valence-corrected chi connectivity index (χ0v) is 7.45. The second kappa shape index (κ2) is 2.98. The number of hydrogen-bond acceptors (Lipinski definition) is 3. The van der Waals surface area contributed by atoms with Gasteiger partial charge in [-0.1, -0.05) is 0 Å². The summed E-state index contributed by atoms with van der Waals surface area (Å²) in [4.78, 5) is 0. The first-order chi connectivity index (χ1) is 5.74. The first kappa shape index (κ1) is 8.48. The van der Waals surface area contributed by atoms with Crippen LogP contribution in [-0.2, 0) is 9.47 Å². The third-order valence-electron chi connectivity index (χ3n) is 2.83. The zero-order chi connectivity index (χ0) is 8.60. The largest absolute Gasteiger partial charge is 0.394 e. The quantitative estimate of drug-likeness (QED) is 0.633. The van der Waals surface area contributed by atoms with Crippen LogP contribution in [0.3, 0.4) is 0 Å². The molecule has 1 N–H and O–H groups in total. The second-order valence-corrected chi connectivity index (χ2v) is 3.97. The molecule has 0 bridgehead atoms. The Kier molecular flexibility index (Phi) is 2.10. The first-order valence-electron chi connectivity index (χ1n) is 4.64. The van der Waals surface area contributed by atoms with Crippen molar-refractivity contribution in [2.24, 2.45) is 0 Å². The molecule has 2 rings (SSSR count).